The van der Waals surface area contributed by atoms with Gasteiger partial charge in [-0.05, 0) is 31.9 Å². The number of hydrogen-bond donors (Lipinski definition) is 0. The summed E-state index contributed by atoms with van der Waals surface area (Å²) in [6.07, 6.45) is 5.42. The average Bonchev–Trinajstić information content (AvgIpc) is 3.10. The van der Waals surface area contributed by atoms with Crippen molar-refractivity contribution in [1.82, 2.24) is 19.9 Å². The van der Waals surface area contributed by atoms with Gasteiger partial charge in [0, 0.05) is 11.4 Å². The summed E-state index contributed by atoms with van der Waals surface area (Å²) in [6, 6.07) is 4.13. The van der Waals surface area contributed by atoms with Gasteiger partial charge in [0.25, 0.3) is 5.91 Å². The molecule has 5 nitrogen and oxygen atoms in total. The van der Waals surface area contributed by atoms with Crippen molar-refractivity contribution in [3.05, 3.63) is 34.3 Å². The van der Waals surface area contributed by atoms with Crippen LogP contribution < -0.4 is 0 Å². The molecule has 6 heteroatoms. The van der Waals surface area contributed by atoms with Gasteiger partial charge in [-0.3, -0.25) is 4.79 Å². The highest BCUT2D eigenvalue weighted by Gasteiger charge is 2.30. The number of hydrogen-bond acceptors (Lipinski definition) is 4. The number of amides is 1. The zero-order chi connectivity index (χ0) is 13.2. The Hall–Kier alpha value is -1.69. The molecule has 1 amide bonds. The number of nitrogens with zero attached hydrogens (tertiary/aromatic N) is 4. The third-order valence-corrected chi connectivity index (χ3v) is 4.42. The zero-order valence-electron chi connectivity index (χ0n) is 10.8. The quantitative estimate of drug-likeness (QED) is 0.861. The van der Waals surface area contributed by atoms with Crippen LogP contribution in [0.25, 0.3) is 0 Å². The first-order chi connectivity index (χ1) is 9.24. The third-order valence-electron chi connectivity index (χ3n) is 3.43. The van der Waals surface area contributed by atoms with Crippen LogP contribution in [0, 0.1) is 6.92 Å². The molecule has 0 saturated carbocycles. The van der Waals surface area contributed by atoms with Crippen LogP contribution in [-0.2, 0) is 6.54 Å². The summed E-state index contributed by atoms with van der Waals surface area (Å²) in [6.45, 7) is 3.54. The van der Waals surface area contributed by atoms with Crippen LogP contribution in [0.4, 0.5) is 0 Å². The lowest BCUT2D eigenvalue weighted by Crippen LogP contribution is -2.38. The van der Waals surface area contributed by atoms with Crippen LogP contribution in [0.15, 0.2) is 24.5 Å². The second-order valence-electron chi connectivity index (χ2n) is 4.79. The van der Waals surface area contributed by atoms with Crippen LogP contribution in [0.3, 0.4) is 0 Å². The maximum Gasteiger partial charge on any atom is 0.264 e. The molecule has 1 aliphatic heterocycles. The van der Waals surface area contributed by atoms with Gasteiger partial charge in [-0.15, -0.1) is 11.3 Å². The molecule has 0 aliphatic carbocycles. The molecule has 0 bridgehead atoms. The second-order valence-corrected chi connectivity index (χ2v) is 6.08. The van der Waals surface area contributed by atoms with Crippen molar-refractivity contribution in [3.8, 4) is 0 Å². The van der Waals surface area contributed by atoms with E-state index in [4.69, 9.17) is 0 Å². The highest BCUT2D eigenvalue weighted by atomic mass is 32.1. The first-order valence-corrected chi connectivity index (χ1v) is 7.27. The molecule has 1 fully saturated rings. The molecule has 0 spiro atoms. The van der Waals surface area contributed by atoms with Gasteiger partial charge in [0.1, 0.15) is 0 Å². The van der Waals surface area contributed by atoms with E-state index in [9.17, 15) is 4.79 Å². The van der Waals surface area contributed by atoms with Crippen LogP contribution in [0.2, 0.25) is 0 Å². The summed E-state index contributed by atoms with van der Waals surface area (Å²) >= 11 is 1.56. The van der Waals surface area contributed by atoms with Crippen molar-refractivity contribution in [1.29, 1.82) is 0 Å². The molecule has 2 aromatic heterocycles. The standard InChI is InChI=1S/C13H16N4OS/c1-10-4-5-12(19-10)13(18)16-8-2-3-11(16)9-17-14-6-7-15-17/h4-7,11H,2-3,8-9H2,1H3. The number of carbonyl (C=O) groups is 1. The Morgan fingerprint density at radius 2 is 2.21 bits per heavy atom. The lowest BCUT2D eigenvalue weighted by molar-refractivity contribution is 0.0723. The van der Waals surface area contributed by atoms with Crippen LogP contribution in [0.1, 0.15) is 27.4 Å². The number of carbonyl (C=O) groups excluding carboxylic acids is 1. The van der Waals surface area contributed by atoms with Gasteiger partial charge in [-0.25, -0.2) is 0 Å². The van der Waals surface area contributed by atoms with Gasteiger partial charge in [-0.1, -0.05) is 0 Å². The molecule has 2 aromatic rings. The Morgan fingerprint density at radius 1 is 1.42 bits per heavy atom. The molecule has 1 aliphatic rings. The third kappa shape index (κ3) is 2.53. The van der Waals surface area contributed by atoms with E-state index in [1.165, 1.54) is 4.88 Å². The molecular weight excluding hydrogens is 260 g/mol. The van der Waals surface area contributed by atoms with E-state index < -0.39 is 0 Å². The van der Waals surface area contributed by atoms with Gasteiger partial charge in [0.05, 0.1) is 29.9 Å². The molecule has 3 rings (SSSR count). The van der Waals surface area contributed by atoms with E-state index in [1.54, 1.807) is 28.5 Å². The van der Waals surface area contributed by atoms with Gasteiger partial charge < -0.3 is 4.90 Å². The Kier molecular flexibility index (Phi) is 3.33. The normalized spacial score (nSPS) is 19.0. The van der Waals surface area contributed by atoms with E-state index in [0.717, 1.165) is 24.3 Å². The SMILES string of the molecule is Cc1ccc(C(=O)N2CCCC2Cn2nccn2)s1. The minimum Gasteiger partial charge on any atom is -0.333 e. The van der Waals surface area contributed by atoms with E-state index >= 15 is 0 Å². The first kappa shape index (κ1) is 12.3. The Labute approximate surface area is 115 Å². The van der Waals surface area contributed by atoms with E-state index in [2.05, 4.69) is 10.2 Å². The Bertz CT molecular complexity index is 563. The topological polar surface area (TPSA) is 51.0 Å². The van der Waals surface area contributed by atoms with Crippen LogP contribution in [-0.4, -0.2) is 38.4 Å². The van der Waals surface area contributed by atoms with E-state index in [0.29, 0.717) is 6.54 Å². The number of rotatable bonds is 3. The number of aryl methyl sites for hydroxylation is 1. The predicted octanol–water partition coefficient (Wildman–Crippen LogP) is 1.95. The lowest BCUT2D eigenvalue weighted by Gasteiger charge is -2.23. The van der Waals surface area contributed by atoms with Crippen LogP contribution >= 0.6 is 11.3 Å². The molecule has 100 valence electrons. The molecule has 1 unspecified atom stereocenters. The van der Waals surface area contributed by atoms with Crippen molar-refractivity contribution in [2.45, 2.75) is 32.4 Å². The minimum atomic E-state index is 0.146. The fourth-order valence-electron chi connectivity index (χ4n) is 2.51. The summed E-state index contributed by atoms with van der Waals surface area (Å²) in [5, 5.41) is 8.24. The monoisotopic (exact) mass is 276 g/mol. The highest BCUT2D eigenvalue weighted by Crippen LogP contribution is 2.24. The number of aromatic nitrogens is 3. The Balaban J connectivity index is 1.74. The molecule has 3 heterocycles. The van der Waals surface area contributed by atoms with Crippen molar-refractivity contribution < 1.29 is 4.79 Å². The van der Waals surface area contributed by atoms with Gasteiger partial charge >= 0.3 is 0 Å². The van der Waals surface area contributed by atoms with E-state index in [-0.39, 0.29) is 11.9 Å². The van der Waals surface area contributed by atoms with Crippen molar-refractivity contribution >= 4 is 17.2 Å². The van der Waals surface area contributed by atoms with Crippen molar-refractivity contribution in [2.24, 2.45) is 0 Å². The summed E-state index contributed by atoms with van der Waals surface area (Å²) in [5.41, 5.74) is 0. The summed E-state index contributed by atoms with van der Waals surface area (Å²) < 4.78 is 0. The molecular formula is C13H16N4OS. The molecule has 19 heavy (non-hydrogen) atoms. The van der Waals surface area contributed by atoms with Crippen molar-refractivity contribution in [2.75, 3.05) is 6.54 Å². The zero-order valence-corrected chi connectivity index (χ0v) is 11.6. The molecule has 0 radical (unpaired) electrons. The smallest absolute Gasteiger partial charge is 0.264 e. The maximum atomic E-state index is 12.5. The molecule has 1 atom stereocenters. The molecule has 0 aromatic carbocycles. The Morgan fingerprint density at radius 3 is 2.89 bits per heavy atom. The number of thiophene rings is 1. The van der Waals surface area contributed by atoms with Gasteiger partial charge in [0.15, 0.2) is 0 Å². The summed E-state index contributed by atoms with van der Waals surface area (Å²) in [5.74, 6) is 0.146. The maximum absolute atomic E-state index is 12.5. The number of likely N-dealkylation sites (tertiary alicyclic amines) is 1. The summed E-state index contributed by atoms with van der Waals surface area (Å²) in [4.78, 5) is 18.1. The van der Waals surface area contributed by atoms with Crippen LogP contribution in [0.5, 0.6) is 0 Å². The molecule has 0 N–H and O–H groups in total. The average molecular weight is 276 g/mol. The fraction of sp³-hybridized carbons (Fsp3) is 0.462. The van der Waals surface area contributed by atoms with Gasteiger partial charge in [0.2, 0.25) is 0 Å². The van der Waals surface area contributed by atoms with Gasteiger partial charge in [-0.2, -0.15) is 15.0 Å². The molecule has 1 saturated heterocycles. The first-order valence-electron chi connectivity index (χ1n) is 6.45. The minimum absolute atomic E-state index is 0.146. The second kappa shape index (κ2) is 5.13. The van der Waals surface area contributed by atoms with Crippen molar-refractivity contribution in [3.63, 3.8) is 0 Å². The predicted molar refractivity (Wildman–Crippen MR) is 73.1 cm³/mol. The highest BCUT2D eigenvalue weighted by molar-refractivity contribution is 7.13. The fourth-order valence-corrected chi connectivity index (χ4v) is 3.33. The largest absolute Gasteiger partial charge is 0.333 e. The lowest BCUT2D eigenvalue weighted by atomic mass is 10.2. The summed E-state index contributed by atoms with van der Waals surface area (Å²) in [7, 11) is 0. The van der Waals surface area contributed by atoms with E-state index in [1.807, 2.05) is 24.0 Å².